The maximum Gasteiger partial charge on any atom is -0.00206 e. The van der Waals surface area contributed by atoms with Gasteiger partial charge in [0.05, 0.1) is 0 Å². The van der Waals surface area contributed by atoms with Crippen LogP contribution in [0, 0.1) is 5.92 Å². The summed E-state index contributed by atoms with van der Waals surface area (Å²) in [6, 6.07) is 0. The molecule has 0 saturated carbocycles. The highest BCUT2D eigenvalue weighted by Gasteiger charge is 2.03. The van der Waals surface area contributed by atoms with E-state index in [4.69, 9.17) is 0 Å². The molecule has 0 aliphatic carbocycles. The lowest BCUT2D eigenvalue weighted by atomic mass is 9.99. The van der Waals surface area contributed by atoms with E-state index < -0.39 is 0 Å². The SMILES string of the molecule is CCCCC(CC)CNCCCNC. The van der Waals surface area contributed by atoms with Crippen molar-refractivity contribution >= 4 is 0 Å². The van der Waals surface area contributed by atoms with Crippen LogP contribution in [0.25, 0.3) is 0 Å². The second-order valence-corrected chi connectivity index (χ2v) is 4.08. The molecule has 0 amide bonds. The maximum atomic E-state index is 3.54. The molecule has 2 heteroatoms. The average molecular weight is 200 g/mol. The summed E-state index contributed by atoms with van der Waals surface area (Å²) in [6.45, 7) is 8.06. The molecule has 0 bridgehead atoms. The third kappa shape index (κ3) is 8.52. The van der Waals surface area contributed by atoms with Gasteiger partial charge in [-0.15, -0.1) is 0 Å². The first-order valence-corrected chi connectivity index (χ1v) is 6.20. The van der Waals surface area contributed by atoms with Crippen LogP contribution in [-0.4, -0.2) is 26.7 Å². The van der Waals surface area contributed by atoms with Gasteiger partial charge in [-0.2, -0.15) is 0 Å². The van der Waals surface area contributed by atoms with Crippen molar-refractivity contribution in [1.29, 1.82) is 0 Å². The minimum absolute atomic E-state index is 0.893. The standard InChI is InChI=1S/C12H28N2/c1-4-6-8-12(5-2)11-14-10-7-9-13-3/h12-14H,4-11H2,1-3H3. The Hall–Kier alpha value is -0.0800. The van der Waals surface area contributed by atoms with Gasteiger partial charge in [0.15, 0.2) is 0 Å². The number of hydrogen-bond acceptors (Lipinski definition) is 2. The molecule has 1 atom stereocenters. The molecular weight excluding hydrogens is 172 g/mol. The topological polar surface area (TPSA) is 24.1 Å². The molecule has 0 aliphatic rings. The highest BCUT2D eigenvalue weighted by Crippen LogP contribution is 2.10. The molecule has 2 N–H and O–H groups in total. The molecule has 0 heterocycles. The second-order valence-electron chi connectivity index (χ2n) is 4.08. The molecule has 0 aromatic rings. The number of rotatable bonds is 10. The van der Waals surface area contributed by atoms with Crippen molar-refractivity contribution in [3.63, 3.8) is 0 Å². The van der Waals surface area contributed by atoms with Gasteiger partial charge in [-0.1, -0.05) is 33.1 Å². The Bertz CT molecular complexity index is 104. The quantitative estimate of drug-likeness (QED) is 0.529. The van der Waals surface area contributed by atoms with Crippen LogP contribution in [0.4, 0.5) is 0 Å². The van der Waals surface area contributed by atoms with Crippen molar-refractivity contribution in [2.45, 2.75) is 46.0 Å². The monoisotopic (exact) mass is 200 g/mol. The fourth-order valence-corrected chi connectivity index (χ4v) is 1.64. The smallest absolute Gasteiger partial charge is 0.00206 e. The molecule has 0 spiro atoms. The van der Waals surface area contributed by atoms with Crippen molar-refractivity contribution in [1.82, 2.24) is 10.6 Å². The zero-order valence-electron chi connectivity index (χ0n) is 10.2. The Balaban J connectivity index is 3.24. The Labute approximate surface area is 89.9 Å². The molecule has 0 radical (unpaired) electrons. The van der Waals surface area contributed by atoms with Crippen LogP contribution in [0.5, 0.6) is 0 Å². The molecular formula is C12H28N2. The number of unbranched alkanes of at least 4 members (excludes halogenated alkanes) is 1. The van der Waals surface area contributed by atoms with Crippen LogP contribution >= 0.6 is 0 Å². The van der Waals surface area contributed by atoms with Crippen LogP contribution in [0.1, 0.15) is 46.0 Å². The molecule has 0 aromatic heterocycles. The van der Waals surface area contributed by atoms with Crippen molar-refractivity contribution < 1.29 is 0 Å². The van der Waals surface area contributed by atoms with E-state index in [-0.39, 0.29) is 0 Å². The highest BCUT2D eigenvalue weighted by atomic mass is 14.9. The minimum atomic E-state index is 0.893. The Morgan fingerprint density at radius 1 is 1.07 bits per heavy atom. The highest BCUT2D eigenvalue weighted by molar-refractivity contribution is 4.61. The zero-order chi connectivity index (χ0) is 10.6. The second kappa shape index (κ2) is 11.0. The lowest BCUT2D eigenvalue weighted by molar-refractivity contribution is 0.418. The summed E-state index contributed by atoms with van der Waals surface area (Å²) in [6.07, 6.45) is 6.67. The fraction of sp³-hybridized carbons (Fsp3) is 1.00. The van der Waals surface area contributed by atoms with Crippen molar-refractivity contribution in [3.8, 4) is 0 Å². The summed E-state index contributed by atoms with van der Waals surface area (Å²) in [5, 5.41) is 6.70. The van der Waals surface area contributed by atoms with E-state index in [9.17, 15) is 0 Å². The summed E-state index contributed by atoms with van der Waals surface area (Å²) in [4.78, 5) is 0. The third-order valence-corrected chi connectivity index (χ3v) is 2.76. The summed E-state index contributed by atoms with van der Waals surface area (Å²) in [5.41, 5.74) is 0. The molecule has 0 aromatic carbocycles. The summed E-state index contributed by atoms with van der Waals surface area (Å²) in [5.74, 6) is 0.893. The fourth-order valence-electron chi connectivity index (χ4n) is 1.64. The third-order valence-electron chi connectivity index (χ3n) is 2.76. The van der Waals surface area contributed by atoms with Gasteiger partial charge in [-0.3, -0.25) is 0 Å². The molecule has 0 fully saturated rings. The molecule has 2 nitrogen and oxygen atoms in total. The minimum Gasteiger partial charge on any atom is -0.320 e. The Morgan fingerprint density at radius 2 is 1.86 bits per heavy atom. The van der Waals surface area contributed by atoms with E-state index in [0.717, 1.165) is 19.0 Å². The molecule has 1 unspecified atom stereocenters. The van der Waals surface area contributed by atoms with Gasteiger partial charge >= 0.3 is 0 Å². The molecule has 0 saturated heterocycles. The number of hydrogen-bond donors (Lipinski definition) is 2. The maximum absolute atomic E-state index is 3.54. The first-order chi connectivity index (χ1) is 6.85. The normalized spacial score (nSPS) is 13.1. The van der Waals surface area contributed by atoms with E-state index in [1.165, 1.54) is 38.6 Å². The first-order valence-electron chi connectivity index (χ1n) is 6.20. The Kier molecular flexibility index (Phi) is 10.9. The van der Waals surface area contributed by atoms with Gasteiger partial charge < -0.3 is 10.6 Å². The van der Waals surface area contributed by atoms with Crippen LogP contribution in [0.2, 0.25) is 0 Å². The van der Waals surface area contributed by atoms with E-state index in [1.807, 2.05) is 7.05 Å². The van der Waals surface area contributed by atoms with Crippen molar-refractivity contribution in [2.75, 3.05) is 26.7 Å². The van der Waals surface area contributed by atoms with Crippen LogP contribution in [-0.2, 0) is 0 Å². The van der Waals surface area contributed by atoms with Gasteiger partial charge in [-0.05, 0) is 45.4 Å². The average Bonchev–Trinajstić information content (AvgIpc) is 2.22. The van der Waals surface area contributed by atoms with Crippen LogP contribution < -0.4 is 10.6 Å². The molecule has 0 rings (SSSR count). The van der Waals surface area contributed by atoms with E-state index >= 15 is 0 Å². The van der Waals surface area contributed by atoms with Crippen molar-refractivity contribution in [2.24, 2.45) is 5.92 Å². The van der Waals surface area contributed by atoms with Crippen LogP contribution in [0.3, 0.4) is 0 Å². The summed E-state index contributed by atoms with van der Waals surface area (Å²) < 4.78 is 0. The zero-order valence-corrected chi connectivity index (χ0v) is 10.2. The van der Waals surface area contributed by atoms with Gasteiger partial charge in [0, 0.05) is 0 Å². The number of nitrogens with one attached hydrogen (secondary N) is 2. The summed E-state index contributed by atoms with van der Waals surface area (Å²) >= 11 is 0. The van der Waals surface area contributed by atoms with Crippen LogP contribution in [0.15, 0.2) is 0 Å². The van der Waals surface area contributed by atoms with E-state index in [0.29, 0.717) is 0 Å². The summed E-state index contributed by atoms with van der Waals surface area (Å²) in [7, 11) is 2.01. The van der Waals surface area contributed by atoms with E-state index in [1.54, 1.807) is 0 Å². The molecule has 86 valence electrons. The van der Waals surface area contributed by atoms with Gasteiger partial charge in [0.2, 0.25) is 0 Å². The van der Waals surface area contributed by atoms with Gasteiger partial charge in [0.1, 0.15) is 0 Å². The lowest BCUT2D eigenvalue weighted by Gasteiger charge is -2.15. The van der Waals surface area contributed by atoms with E-state index in [2.05, 4.69) is 24.5 Å². The lowest BCUT2D eigenvalue weighted by Crippen LogP contribution is -2.25. The predicted molar refractivity (Wildman–Crippen MR) is 64.7 cm³/mol. The first kappa shape index (κ1) is 13.9. The van der Waals surface area contributed by atoms with Crippen molar-refractivity contribution in [3.05, 3.63) is 0 Å². The predicted octanol–water partition coefficient (Wildman–Crippen LogP) is 2.40. The Morgan fingerprint density at radius 3 is 2.43 bits per heavy atom. The molecule has 0 aliphatic heterocycles. The molecule has 14 heavy (non-hydrogen) atoms. The largest absolute Gasteiger partial charge is 0.320 e. The van der Waals surface area contributed by atoms with Gasteiger partial charge in [-0.25, -0.2) is 0 Å². The van der Waals surface area contributed by atoms with Gasteiger partial charge in [0.25, 0.3) is 0 Å².